The summed E-state index contributed by atoms with van der Waals surface area (Å²) in [5, 5.41) is 0. The lowest BCUT2D eigenvalue weighted by Crippen LogP contribution is -2.36. The van der Waals surface area contributed by atoms with Crippen molar-refractivity contribution in [3.8, 4) is 0 Å². The smallest absolute Gasteiger partial charge is 0.257 e. The molecule has 1 fully saturated rings. The van der Waals surface area contributed by atoms with Crippen LogP contribution in [0.1, 0.15) is 34.3 Å². The fourth-order valence-corrected chi connectivity index (χ4v) is 5.32. The van der Waals surface area contributed by atoms with Crippen LogP contribution < -0.4 is 0 Å². The van der Waals surface area contributed by atoms with E-state index in [1.807, 2.05) is 6.07 Å². The molecule has 0 bridgehead atoms. The predicted molar refractivity (Wildman–Crippen MR) is 99.3 cm³/mol. The SMILES string of the molecule is O=C(c1ccccc1F)N1CCc2ccc(S(=O)(=O)N3CCCC3)cc2C1. The first-order chi connectivity index (χ1) is 13.0. The summed E-state index contributed by atoms with van der Waals surface area (Å²) in [6.45, 7) is 1.87. The molecule has 2 aliphatic heterocycles. The van der Waals surface area contributed by atoms with Crippen molar-refractivity contribution in [3.63, 3.8) is 0 Å². The summed E-state index contributed by atoms with van der Waals surface area (Å²) >= 11 is 0. The van der Waals surface area contributed by atoms with Crippen LogP contribution in [0.25, 0.3) is 0 Å². The number of fused-ring (bicyclic) bond motifs is 1. The van der Waals surface area contributed by atoms with E-state index >= 15 is 0 Å². The van der Waals surface area contributed by atoms with Gasteiger partial charge >= 0.3 is 0 Å². The molecule has 1 amide bonds. The molecule has 0 aliphatic carbocycles. The first-order valence-corrected chi connectivity index (χ1v) is 10.6. The first-order valence-electron chi connectivity index (χ1n) is 9.12. The van der Waals surface area contributed by atoms with E-state index in [0.29, 0.717) is 26.1 Å². The van der Waals surface area contributed by atoms with Crippen LogP contribution in [0.3, 0.4) is 0 Å². The second-order valence-electron chi connectivity index (χ2n) is 7.00. The van der Waals surface area contributed by atoms with E-state index in [-0.39, 0.29) is 22.9 Å². The fourth-order valence-electron chi connectivity index (χ4n) is 3.75. The average molecular weight is 388 g/mol. The van der Waals surface area contributed by atoms with Crippen LogP contribution >= 0.6 is 0 Å². The number of nitrogens with zero attached hydrogens (tertiary/aromatic N) is 2. The van der Waals surface area contributed by atoms with Gasteiger partial charge in [-0.15, -0.1) is 0 Å². The molecular formula is C20H21FN2O3S. The van der Waals surface area contributed by atoms with Crippen molar-refractivity contribution >= 4 is 15.9 Å². The van der Waals surface area contributed by atoms with Crippen LogP contribution in [0, 0.1) is 5.82 Å². The summed E-state index contributed by atoms with van der Waals surface area (Å²) in [6.07, 6.45) is 2.39. The van der Waals surface area contributed by atoms with Crippen LogP contribution in [-0.2, 0) is 23.0 Å². The predicted octanol–water partition coefficient (Wildman–Crippen LogP) is 2.81. The molecule has 5 nitrogen and oxygen atoms in total. The topological polar surface area (TPSA) is 57.7 Å². The molecule has 7 heteroatoms. The third-order valence-corrected chi connectivity index (χ3v) is 7.18. The molecule has 2 aliphatic rings. The zero-order valence-corrected chi connectivity index (χ0v) is 15.7. The molecule has 2 aromatic carbocycles. The highest BCUT2D eigenvalue weighted by Crippen LogP contribution is 2.27. The zero-order valence-electron chi connectivity index (χ0n) is 14.9. The Balaban J connectivity index is 1.60. The average Bonchev–Trinajstić information content (AvgIpc) is 3.22. The lowest BCUT2D eigenvalue weighted by atomic mass is 9.99. The van der Waals surface area contributed by atoms with Crippen LogP contribution in [-0.4, -0.2) is 43.2 Å². The summed E-state index contributed by atoms with van der Waals surface area (Å²) in [7, 11) is -3.50. The maximum absolute atomic E-state index is 14.0. The highest BCUT2D eigenvalue weighted by atomic mass is 32.2. The lowest BCUT2D eigenvalue weighted by Gasteiger charge is -2.29. The number of amides is 1. The number of carbonyl (C=O) groups excluding carboxylic acids is 1. The maximum Gasteiger partial charge on any atom is 0.257 e. The zero-order chi connectivity index (χ0) is 19.0. The highest BCUT2D eigenvalue weighted by Gasteiger charge is 2.29. The molecule has 142 valence electrons. The molecular weight excluding hydrogens is 367 g/mol. The van der Waals surface area contributed by atoms with E-state index in [9.17, 15) is 17.6 Å². The third kappa shape index (κ3) is 3.37. The highest BCUT2D eigenvalue weighted by molar-refractivity contribution is 7.89. The number of hydrogen-bond acceptors (Lipinski definition) is 3. The van der Waals surface area contributed by atoms with Gasteiger partial charge in [0.05, 0.1) is 10.5 Å². The van der Waals surface area contributed by atoms with Crippen LogP contribution in [0.4, 0.5) is 4.39 Å². The molecule has 0 aromatic heterocycles. The van der Waals surface area contributed by atoms with Gasteiger partial charge in [0, 0.05) is 26.2 Å². The summed E-state index contributed by atoms with van der Waals surface area (Å²) in [4.78, 5) is 14.5. The molecule has 0 atom stereocenters. The van der Waals surface area contributed by atoms with Crippen LogP contribution in [0.2, 0.25) is 0 Å². The normalized spacial score (nSPS) is 17.7. The van der Waals surface area contributed by atoms with Crippen LogP contribution in [0.15, 0.2) is 47.4 Å². The van der Waals surface area contributed by atoms with E-state index in [4.69, 9.17) is 0 Å². The minimum atomic E-state index is -3.50. The van der Waals surface area contributed by atoms with E-state index in [2.05, 4.69) is 0 Å². The van der Waals surface area contributed by atoms with Gasteiger partial charge < -0.3 is 4.90 Å². The fraction of sp³-hybridized carbons (Fsp3) is 0.350. The van der Waals surface area contributed by atoms with E-state index in [1.54, 1.807) is 29.2 Å². The van der Waals surface area contributed by atoms with Gasteiger partial charge in [-0.05, 0) is 54.7 Å². The maximum atomic E-state index is 14.0. The largest absolute Gasteiger partial charge is 0.334 e. The van der Waals surface area contributed by atoms with Gasteiger partial charge in [0.1, 0.15) is 5.82 Å². The minimum Gasteiger partial charge on any atom is -0.334 e. The molecule has 2 aromatic rings. The summed E-state index contributed by atoms with van der Waals surface area (Å²) in [5.74, 6) is -0.912. The Kier molecular flexibility index (Phi) is 4.74. The summed E-state index contributed by atoms with van der Waals surface area (Å²) in [6, 6.07) is 11.1. The number of hydrogen-bond donors (Lipinski definition) is 0. The van der Waals surface area contributed by atoms with E-state index in [0.717, 1.165) is 24.0 Å². The molecule has 0 N–H and O–H groups in total. The first kappa shape index (κ1) is 18.1. The summed E-state index contributed by atoms with van der Waals surface area (Å²) < 4.78 is 41.1. The molecule has 0 saturated carbocycles. The van der Waals surface area contributed by atoms with Crippen molar-refractivity contribution < 1.29 is 17.6 Å². The second kappa shape index (κ2) is 7.05. The van der Waals surface area contributed by atoms with Crippen molar-refractivity contribution in [2.45, 2.75) is 30.7 Å². The Morgan fingerprint density at radius 1 is 0.963 bits per heavy atom. The van der Waals surface area contributed by atoms with Crippen molar-refractivity contribution in [1.82, 2.24) is 9.21 Å². The molecule has 4 rings (SSSR count). The quantitative estimate of drug-likeness (QED) is 0.812. The Bertz CT molecular complexity index is 984. The molecule has 1 saturated heterocycles. The molecule has 0 spiro atoms. The molecule has 0 radical (unpaired) electrons. The third-order valence-electron chi connectivity index (χ3n) is 5.28. The van der Waals surface area contributed by atoms with Crippen molar-refractivity contribution in [3.05, 3.63) is 65.0 Å². The number of halogens is 1. The number of sulfonamides is 1. The Labute approximate surface area is 158 Å². The second-order valence-corrected chi connectivity index (χ2v) is 8.94. The molecule has 2 heterocycles. The lowest BCUT2D eigenvalue weighted by molar-refractivity contribution is 0.0730. The number of benzene rings is 2. The summed E-state index contributed by atoms with van der Waals surface area (Å²) in [5.41, 5.74) is 1.89. The standard InChI is InChI=1S/C20H21FN2O3S/c21-19-6-2-1-5-18(19)20(24)22-12-9-15-7-8-17(13-16(15)14-22)27(25,26)23-10-3-4-11-23/h1-2,5-8,13H,3-4,9-12,14H2. The van der Waals surface area contributed by atoms with E-state index in [1.165, 1.54) is 16.4 Å². The Hall–Kier alpha value is -2.25. The molecule has 0 unspecified atom stereocenters. The van der Waals surface area contributed by atoms with Crippen molar-refractivity contribution in [2.75, 3.05) is 19.6 Å². The van der Waals surface area contributed by atoms with Crippen molar-refractivity contribution in [2.24, 2.45) is 0 Å². The monoisotopic (exact) mass is 388 g/mol. The van der Waals surface area contributed by atoms with Gasteiger partial charge in [-0.25, -0.2) is 12.8 Å². The van der Waals surface area contributed by atoms with Gasteiger partial charge in [-0.2, -0.15) is 4.31 Å². The van der Waals surface area contributed by atoms with Gasteiger partial charge in [-0.1, -0.05) is 18.2 Å². The Morgan fingerprint density at radius 2 is 1.70 bits per heavy atom. The van der Waals surface area contributed by atoms with Crippen molar-refractivity contribution in [1.29, 1.82) is 0 Å². The Morgan fingerprint density at radius 3 is 2.44 bits per heavy atom. The molecule has 27 heavy (non-hydrogen) atoms. The van der Waals surface area contributed by atoms with Gasteiger partial charge in [0.25, 0.3) is 5.91 Å². The number of carbonyl (C=O) groups is 1. The minimum absolute atomic E-state index is 0.0433. The van der Waals surface area contributed by atoms with Gasteiger partial charge in [0.15, 0.2) is 0 Å². The van der Waals surface area contributed by atoms with Gasteiger partial charge in [-0.3, -0.25) is 4.79 Å². The van der Waals surface area contributed by atoms with Gasteiger partial charge in [0.2, 0.25) is 10.0 Å². The number of rotatable bonds is 3. The van der Waals surface area contributed by atoms with Crippen LogP contribution in [0.5, 0.6) is 0 Å². The van der Waals surface area contributed by atoms with E-state index < -0.39 is 15.8 Å².